The summed E-state index contributed by atoms with van der Waals surface area (Å²) in [5, 5.41) is 0. The summed E-state index contributed by atoms with van der Waals surface area (Å²) in [6, 6.07) is 2.50. The Kier molecular flexibility index (Phi) is 3.22. The van der Waals surface area contributed by atoms with E-state index in [0.29, 0.717) is 17.5 Å². The van der Waals surface area contributed by atoms with E-state index in [2.05, 4.69) is 13.8 Å². The topological polar surface area (TPSA) is 29.3 Å². The molecule has 0 saturated carbocycles. The quantitative estimate of drug-likeness (QED) is 0.764. The van der Waals surface area contributed by atoms with E-state index in [4.69, 9.17) is 5.73 Å². The van der Waals surface area contributed by atoms with Gasteiger partial charge < -0.3 is 10.6 Å². The molecule has 1 fully saturated rings. The predicted octanol–water partition coefficient (Wildman–Crippen LogP) is 3.03. The molecule has 4 heteroatoms. The van der Waals surface area contributed by atoms with Crippen LogP contribution in [0.2, 0.25) is 0 Å². The number of rotatable bonds is 1. The van der Waals surface area contributed by atoms with Crippen LogP contribution >= 0.6 is 0 Å². The van der Waals surface area contributed by atoms with E-state index in [9.17, 15) is 8.78 Å². The van der Waals surface area contributed by atoms with Gasteiger partial charge in [-0.3, -0.25) is 0 Å². The van der Waals surface area contributed by atoms with Crippen molar-refractivity contribution in [2.24, 2.45) is 11.8 Å². The molecule has 0 aromatic heterocycles. The lowest BCUT2D eigenvalue weighted by molar-refractivity contribution is 0.322. The molecule has 1 heterocycles. The fourth-order valence-corrected chi connectivity index (χ4v) is 2.34. The highest BCUT2D eigenvalue weighted by atomic mass is 19.2. The van der Waals surface area contributed by atoms with E-state index in [1.165, 1.54) is 6.07 Å². The maximum absolute atomic E-state index is 13.8. The first kappa shape index (κ1) is 12.1. The van der Waals surface area contributed by atoms with Crippen molar-refractivity contribution in [2.45, 2.75) is 20.3 Å². The van der Waals surface area contributed by atoms with E-state index in [-0.39, 0.29) is 5.69 Å². The summed E-state index contributed by atoms with van der Waals surface area (Å²) in [6.45, 7) is 5.78. The number of hydrogen-bond donors (Lipinski definition) is 1. The average molecular weight is 240 g/mol. The van der Waals surface area contributed by atoms with E-state index in [1.54, 1.807) is 0 Å². The number of nitrogens with two attached hydrogens (primary N) is 1. The van der Waals surface area contributed by atoms with Gasteiger partial charge in [-0.15, -0.1) is 0 Å². The molecule has 2 nitrogen and oxygen atoms in total. The normalized spacial score (nSPS) is 25.1. The maximum atomic E-state index is 13.8. The predicted molar refractivity (Wildman–Crippen MR) is 65.9 cm³/mol. The van der Waals surface area contributed by atoms with E-state index in [1.807, 2.05) is 4.90 Å². The number of nitrogen functional groups attached to an aromatic ring is 1. The van der Waals surface area contributed by atoms with Gasteiger partial charge in [-0.25, -0.2) is 8.78 Å². The number of anilines is 2. The van der Waals surface area contributed by atoms with Gasteiger partial charge in [-0.05, 0) is 30.4 Å². The van der Waals surface area contributed by atoms with Crippen molar-refractivity contribution in [2.75, 3.05) is 23.7 Å². The van der Waals surface area contributed by atoms with Gasteiger partial charge in [0.2, 0.25) is 0 Å². The first-order valence-electron chi connectivity index (χ1n) is 5.99. The molecule has 0 bridgehead atoms. The van der Waals surface area contributed by atoms with Crippen molar-refractivity contribution in [3.05, 3.63) is 23.8 Å². The van der Waals surface area contributed by atoms with Crippen molar-refractivity contribution in [3.63, 3.8) is 0 Å². The fourth-order valence-electron chi connectivity index (χ4n) is 2.34. The molecule has 2 atom stereocenters. The third-order valence-corrected chi connectivity index (χ3v) is 3.75. The number of hydrogen-bond acceptors (Lipinski definition) is 2. The maximum Gasteiger partial charge on any atom is 0.184 e. The summed E-state index contributed by atoms with van der Waals surface area (Å²) < 4.78 is 27.0. The minimum atomic E-state index is -0.833. The molecular formula is C13H18F2N2. The average Bonchev–Trinajstić information content (AvgIpc) is 2.29. The van der Waals surface area contributed by atoms with E-state index < -0.39 is 11.6 Å². The van der Waals surface area contributed by atoms with E-state index >= 15 is 0 Å². The molecule has 0 amide bonds. The van der Waals surface area contributed by atoms with Crippen molar-refractivity contribution < 1.29 is 8.78 Å². The Morgan fingerprint density at radius 3 is 2.59 bits per heavy atom. The zero-order valence-corrected chi connectivity index (χ0v) is 10.2. The van der Waals surface area contributed by atoms with Crippen LogP contribution in [0.4, 0.5) is 20.2 Å². The second-order valence-corrected chi connectivity index (χ2v) is 4.99. The van der Waals surface area contributed by atoms with Gasteiger partial charge in [-0.1, -0.05) is 13.8 Å². The molecule has 1 aliphatic heterocycles. The second kappa shape index (κ2) is 4.51. The van der Waals surface area contributed by atoms with Crippen LogP contribution in [0.1, 0.15) is 20.3 Å². The van der Waals surface area contributed by atoms with Gasteiger partial charge in [0.25, 0.3) is 0 Å². The summed E-state index contributed by atoms with van der Waals surface area (Å²) >= 11 is 0. The summed E-state index contributed by atoms with van der Waals surface area (Å²) in [7, 11) is 0. The zero-order valence-electron chi connectivity index (χ0n) is 10.2. The highest BCUT2D eigenvalue weighted by Gasteiger charge is 2.26. The van der Waals surface area contributed by atoms with Crippen LogP contribution in [0.5, 0.6) is 0 Å². The molecule has 0 spiro atoms. The smallest absolute Gasteiger partial charge is 0.184 e. The molecule has 2 rings (SSSR count). The van der Waals surface area contributed by atoms with Crippen LogP contribution < -0.4 is 10.6 Å². The zero-order chi connectivity index (χ0) is 12.6. The minimum Gasteiger partial charge on any atom is -0.397 e. The summed E-state index contributed by atoms with van der Waals surface area (Å²) in [6.07, 6.45) is 0.983. The van der Waals surface area contributed by atoms with Crippen molar-refractivity contribution in [1.29, 1.82) is 0 Å². The van der Waals surface area contributed by atoms with Crippen LogP contribution in [0.25, 0.3) is 0 Å². The molecule has 1 saturated heterocycles. The standard InChI is InChI=1S/C13H18F2N2/c1-8-5-6-17(7-9(8)2)13-11(16)4-3-10(14)12(13)15/h3-4,8-9H,5-7,16H2,1-2H3. The van der Waals surface area contributed by atoms with Gasteiger partial charge in [0.1, 0.15) is 0 Å². The molecule has 1 aromatic rings. The highest BCUT2D eigenvalue weighted by molar-refractivity contribution is 5.68. The van der Waals surface area contributed by atoms with Crippen LogP contribution in [0, 0.1) is 23.5 Å². The Morgan fingerprint density at radius 2 is 1.94 bits per heavy atom. The molecule has 1 aromatic carbocycles. The number of nitrogens with zero attached hydrogens (tertiary/aromatic N) is 1. The van der Waals surface area contributed by atoms with Crippen molar-refractivity contribution >= 4 is 11.4 Å². The van der Waals surface area contributed by atoms with Crippen LogP contribution in [0.3, 0.4) is 0 Å². The van der Waals surface area contributed by atoms with Crippen molar-refractivity contribution in [1.82, 2.24) is 0 Å². The Labute approximate surface area is 100 Å². The SMILES string of the molecule is CC1CCN(c2c(N)ccc(F)c2F)CC1C. The molecule has 0 radical (unpaired) electrons. The largest absolute Gasteiger partial charge is 0.397 e. The van der Waals surface area contributed by atoms with Crippen LogP contribution in [-0.4, -0.2) is 13.1 Å². The molecular weight excluding hydrogens is 222 g/mol. The summed E-state index contributed by atoms with van der Waals surface area (Å²) in [5.41, 5.74) is 6.29. The lowest BCUT2D eigenvalue weighted by atomic mass is 9.88. The third-order valence-electron chi connectivity index (χ3n) is 3.75. The van der Waals surface area contributed by atoms with Gasteiger partial charge in [0, 0.05) is 13.1 Å². The molecule has 1 aliphatic rings. The monoisotopic (exact) mass is 240 g/mol. The van der Waals surface area contributed by atoms with E-state index in [0.717, 1.165) is 25.6 Å². The lowest BCUT2D eigenvalue weighted by Crippen LogP contribution is -2.39. The third kappa shape index (κ3) is 2.21. The molecule has 2 unspecified atom stereocenters. The first-order valence-corrected chi connectivity index (χ1v) is 5.99. The Hall–Kier alpha value is -1.32. The van der Waals surface area contributed by atoms with Crippen molar-refractivity contribution in [3.8, 4) is 0 Å². The molecule has 17 heavy (non-hydrogen) atoms. The minimum absolute atomic E-state index is 0.226. The summed E-state index contributed by atoms with van der Waals surface area (Å²) in [4.78, 5) is 1.86. The first-order chi connectivity index (χ1) is 8.00. The molecule has 94 valence electrons. The van der Waals surface area contributed by atoms with Crippen LogP contribution in [-0.2, 0) is 0 Å². The number of piperidine rings is 1. The second-order valence-electron chi connectivity index (χ2n) is 4.99. The van der Waals surface area contributed by atoms with Gasteiger partial charge >= 0.3 is 0 Å². The number of benzene rings is 1. The molecule has 2 N–H and O–H groups in total. The van der Waals surface area contributed by atoms with Gasteiger partial charge in [0.05, 0.1) is 11.4 Å². The number of halogens is 2. The van der Waals surface area contributed by atoms with Gasteiger partial charge in [-0.2, -0.15) is 0 Å². The highest BCUT2D eigenvalue weighted by Crippen LogP contribution is 2.33. The van der Waals surface area contributed by atoms with Crippen LogP contribution in [0.15, 0.2) is 12.1 Å². The Bertz CT molecular complexity index is 420. The molecule has 0 aliphatic carbocycles. The Morgan fingerprint density at radius 1 is 1.24 bits per heavy atom. The summed E-state index contributed by atoms with van der Waals surface area (Å²) in [5.74, 6) is -0.581. The van der Waals surface area contributed by atoms with Gasteiger partial charge in [0.15, 0.2) is 11.6 Å². The fraction of sp³-hybridized carbons (Fsp3) is 0.538. The lowest BCUT2D eigenvalue weighted by Gasteiger charge is -2.37. The Balaban J connectivity index is 2.31.